The van der Waals surface area contributed by atoms with E-state index in [9.17, 15) is 4.39 Å². The highest BCUT2D eigenvalue weighted by Gasteiger charge is 1.99. The highest BCUT2D eigenvalue weighted by atomic mass is 19.1. The van der Waals surface area contributed by atoms with Crippen molar-refractivity contribution < 1.29 is 9.13 Å². The van der Waals surface area contributed by atoms with Gasteiger partial charge in [0.1, 0.15) is 11.6 Å². The molecular weight excluding hydrogens is 145 g/mol. The van der Waals surface area contributed by atoms with Crippen LogP contribution in [0.1, 0.15) is 5.56 Å². The van der Waals surface area contributed by atoms with Crippen LogP contribution >= 0.6 is 0 Å². The van der Waals surface area contributed by atoms with Crippen LogP contribution in [0.5, 0.6) is 5.75 Å². The zero-order valence-corrected chi connectivity index (χ0v) is 6.10. The second-order valence-electron chi connectivity index (χ2n) is 2.03. The first-order chi connectivity index (χ1) is 5.27. The van der Waals surface area contributed by atoms with Crippen molar-refractivity contribution >= 4 is 6.21 Å². The molecule has 1 aromatic rings. The fraction of sp³-hybridized carbons (Fsp3) is 0.125. The summed E-state index contributed by atoms with van der Waals surface area (Å²) in [5.74, 6) is 0.158. The van der Waals surface area contributed by atoms with E-state index in [2.05, 4.69) is 0 Å². The van der Waals surface area contributed by atoms with Gasteiger partial charge in [0.05, 0.1) is 7.11 Å². The molecule has 0 saturated heterocycles. The van der Waals surface area contributed by atoms with Crippen LogP contribution in [0.15, 0.2) is 18.2 Å². The maximum absolute atomic E-state index is 12.7. The van der Waals surface area contributed by atoms with Crippen molar-refractivity contribution in [1.29, 1.82) is 5.41 Å². The van der Waals surface area contributed by atoms with E-state index in [1.807, 2.05) is 0 Å². The predicted molar refractivity (Wildman–Crippen MR) is 40.8 cm³/mol. The molecule has 0 amide bonds. The lowest BCUT2D eigenvalue weighted by Gasteiger charge is -2.00. The van der Waals surface area contributed by atoms with Crippen LogP contribution in [0.25, 0.3) is 0 Å². The number of nitrogens with one attached hydrogen (secondary N) is 1. The van der Waals surface area contributed by atoms with Gasteiger partial charge in [-0.05, 0) is 18.2 Å². The minimum absolute atomic E-state index is 0.240. The molecule has 0 radical (unpaired) electrons. The smallest absolute Gasteiger partial charge is 0.132 e. The van der Waals surface area contributed by atoms with Gasteiger partial charge in [0.2, 0.25) is 0 Å². The van der Waals surface area contributed by atoms with Gasteiger partial charge in [0, 0.05) is 11.8 Å². The van der Waals surface area contributed by atoms with Crippen LogP contribution in [0.3, 0.4) is 0 Å². The molecule has 0 aliphatic heterocycles. The lowest BCUT2D eigenvalue weighted by atomic mass is 10.2. The van der Waals surface area contributed by atoms with E-state index in [1.165, 1.54) is 25.3 Å². The molecule has 0 saturated carbocycles. The Morgan fingerprint density at radius 3 is 2.82 bits per heavy atom. The maximum Gasteiger partial charge on any atom is 0.132 e. The summed E-state index contributed by atoms with van der Waals surface area (Å²) in [7, 11) is 1.50. The third-order valence-electron chi connectivity index (χ3n) is 1.36. The highest BCUT2D eigenvalue weighted by Crippen LogP contribution is 2.14. The molecule has 0 aliphatic carbocycles. The zero-order valence-electron chi connectivity index (χ0n) is 6.10. The highest BCUT2D eigenvalue weighted by molar-refractivity contribution is 5.77. The Hall–Kier alpha value is -1.38. The molecule has 1 N–H and O–H groups in total. The van der Waals surface area contributed by atoms with Crippen LogP contribution in [0.2, 0.25) is 0 Å². The molecule has 0 unspecified atom stereocenters. The van der Waals surface area contributed by atoms with E-state index in [-0.39, 0.29) is 5.56 Å². The minimum Gasteiger partial charge on any atom is -0.497 e. The molecule has 2 nitrogen and oxygen atoms in total. The molecule has 0 spiro atoms. The summed E-state index contributed by atoms with van der Waals surface area (Å²) in [6.07, 6.45) is 0.956. The van der Waals surface area contributed by atoms with Gasteiger partial charge >= 0.3 is 0 Å². The van der Waals surface area contributed by atoms with E-state index >= 15 is 0 Å². The van der Waals surface area contributed by atoms with Gasteiger partial charge in [-0.15, -0.1) is 0 Å². The number of methoxy groups -OCH3 is 1. The van der Waals surface area contributed by atoms with Crippen molar-refractivity contribution in [3.8, 4) is 5.75 Å². The minimum atomic E-state index is -0.402. The summed E-state index contributed by atoms with van der Waals surface area (Å²) in [6.45, 7) is 0. The first-order valence-corrected chi connectivity index (χ1v) is 3.12. The number of rotatable bonds is 2. The van der Waals surface area contributed by atoms with Crippen molar-refractivity contribution in [2.75, 3.05) is 7.11 Å². The van der Waals surface area contributed by atoms with Gasteiger partial charge in [-0.3, -0.25) is 0 Å². The van der Waals surface area contributed by atoms with Gasteiger partial charge in [-0.25, -0.2) is 4.39 Å². The standard InChI is InChI=1S/C8H8FNO/c1-11-7-2-3-8(9)6(4-7)5-10/h2-5,10H,1H3. The zero-order chi connectivity index (χ0) is 8.27. The Bertz CT molecular complexity index is 273. The third kappa shape index (κ3) is 1.55. The molecule has 0 aliphatic rings. The van der Waals surface area contributed by atoms with Crippen molar-refractivity contribution in [2.45, 2.75) is 0 Å². The lowest BCUT2D eigenvalue weighted by molar-refractivity contribution is 0.413. The molecular formula is C8H8FNO. The maximum atomic E-state index is 12.7. The first-order valence-electron chi connectivity index (χ1n) is 3.12. The van der Waals surface area contributed by atoms with E-state index in [4.69, 9.17) is 10.1 Å². The summed E-state index contributed by atoms with van der Waals surface area (Å²) < 4.78 is 17.5. The molecule has 0 heterocycles. The molecule has 0 atom stereocenters. The predicted octanol–water partition coefficient (Wildman–Crippen LogP) is 1.83. The van der Waals surface area contributed by atoms with Crippen LogP contribution in [0.4, 0.5) is 4.39 Å². The second kappa shape index (κ2) is 3.14. The number of halogens is 1. The van der Waals surface area contributed by atoms with E-state index in [1.54, 1.807) is 0 Å². The van der Waals surface area contributed by atoms with Crippen LogP contribution in [-0.4, -0.2) is 13.3 Å². The Balaban J connectivity index is 3.12. The quantitative estimate of drug-likeness (QED) is 0.646. The topological polar surface area (TPSA) is 33.1 Å². The molecule has 0 fully saturated rings. The number of benzene rings is 1. The number of ether oxygens (including phenoxy) is 1. The molecule has 58 valence electrons. The first kappa shape index (κ1) is 7.72. The van der Waals surface area contributed by atoms with Gasteiger partial charge in [0.25, 0.3) is 0 Å². The average molecular weight is 153 g/mol. The SMILES string of the molecule is COc1ccc(F)c(C=N)c1. The number of hydrogen-bond donors (Lipinski definition) is 1. The van der Waals surface area contributed by atoms with Crippen LogP contribution in [0, 0.1) is 11.2 Å². The Kier molecular flexibility index (Phi) is 2.21. The molecule has 3 heteroatoms. The Morgan fingerprint density at radius 2 is 2.27 bits per heavy atom. The van der Waals surface area contributed by atoms with Crippen LogP contribution < -0.4 is 4.74 Å². The lowest BCUT2D eigenvalue weighted by Crippen LogP contribution is -1.89. The summed E-state index contributed by atoms with van der Waals surface area (Å²) in [6, 6.07) is 4.27. The monoisotopic (exact) mass is 153 g/mol. The summed E-state index contributed by atoms with van der Waals surface area (Å²) in [5.41, 5.74) is 0.240. The van der Waals surface area contributed by atoms with E-state index < -0.39 is 5.82 Å². The van der Waals surface area contributed by atoms with E-state index in [0.717, 1.165) is 6.21 Å². The van der Waals surface area contributed by atoms with Crippen molar-refractivity contribution in [2.24, 2.45) is 0 Å². The summed E-state index contributed by atoms with van der Waals surface area (Å²) in [5, 5.41) is 6.84. The van der Waals surface area contributed by atoms with Gasteiger partial charge < -0.3 is 10.1 Å². The van der Waals surface area contributed by atoms with Crippen LogP contribution in [-0.2, 0) is 0 Å². The third-order valence-corrected chi connectivity index (χ3v) is 1.36. The van der Waals surface area contributed by atoms with Gasteiger partial charge in [0.15, 0.2) is 0 Å². The fourth-order valence-corrected chi connectivity index (χ4v) is 0.759. The summed E-state index contributed by atoms with van der Waals surface area (Å²) in [4.78, 5) is 0. The second-order valence-corrected chi connectivity index (χ2v) is 2.03. The van der Waals surface area contributed by atoms with E-state index in [0.29, 0.717) is 5.75 Å². The average Bonchev–Trinajstić information content (AvgIpc) is 2.05. The van der Waals surface area contributed by atoms with Crippen molar-refractivity contribution in [3.05, 3.63) is 29.6 Å². The Morgan fingerprint density at radius 1 is 1.55 bits per heavy atom. The Labute approximate surface area is 64.1 Å². The number of hydrogen-bond acceptors (Lipinski definition) is 2. The molecule has 11 heavy (non-hydrogen) atoms. The van der Waals surface area contributed by atoms with Gasteiger partial charge in [-0.2, -0.15) is 0 Å². The molecule has 1 aromatic carbocycles. The normalized spacial score (nSPS) is 9.27. The largest absolute Gasteiger partial charge is 0.497 e. The molecule has 1 rings (SSSR count). The fourth-order valence-electron chi connectivity index (χ4n) is 0.759. The van der Waals surface area contributed by atoms with Crippen molar-refractivity contribution in [1.82, 2.24) is 0 Å². The van der Waals surface area contributed by atoms with Crippen molar-refractivity contribution in [3.63, 3.8) is 0 Å². The van der Waals surface area contributed by atoms with Gasteiger partial charge in [-0.1, -0.05) is 0 Å². The summed E-state index contributed by atoms with van der Waals surface area (Å²) >= 11 is 0. The molecule has 0 bridgehead atoms. The molecule has 0 aromatic heterocycles.